The minimum absolute atomic E-state index is 0.0643. The summed E-state index contributed by atoms with van der Waals surface area (Å²) in [5, 5.41) is 0. The molecule has 1 aromatic heterocycles. The number of fused-ring (bicyclic) bond motifs is 3. The van der Waals surface area contributed by atoms with Crippen LogP contribution in [0.2, 0.25) is 0 Å². The van der Waals surface area contributed by atoms with E-state index in [0.717, 1.165) is 25.7 Å². The van der Waals surface area contributed by atoms with Crippen LogP contribution in [0.4, 0.5) is 4.39 Å². The summed E-state index contributed by atoms with van der Waals surface area (Å²) in [5.74, 6) is -1.07. The van der Waals surface area contributed by atoms with Gasteiger partial charge in [-0.05, 0) is 88.2 Å². The Bertz CT molecular complexity index is 1160. The van der Waals surface area contributed by atoms with Crippen LogP contribution < -0.4 is 5.46 Å². The fourth-order valence-corrected chi connectivity index (χ4v) is 5.08. The van der Waals surface area contributed by atoms with Gasteiger partial charge in [-0.2, -0.15) is 0 Å². The number of esters is 1. The highest BCUT2D eigenvalue weighted by Crippen LogP contribution is 2.36. The number of benzene rings is 1. The van der Waals surface area contributed by atoms with Crippen LogP contribution >= 0.6 is 0 Å². The Hall–Kier alpha value is -2.65. The molecule has 2 aromatic rings. The molecule has 0 N–H and O–H groups in total. The minimum atomic E-state index is -0.771. The number of hydrogen-bond acceptors (Lipinski definition) is 5. The van der Waals surface area contributed by atoms with Crippen molar-refractivity contribution in [2.75, 3.05) is 13.1 Å². The normalized spacial score (nSPS) is 20.5. The molecule has 3 aliphatic rings. The number of hydrogen-bond donors (Lipinski definition) is 0. The van der Waals surface area contributed by atoms with E-state index in [0.29, 0.717) is 29.8 Å². The van der Waals surface area contributed by atoms with Crippen LogP contribution in [0.1, 0.15) is 67.8 Å². The fourth-order valence-electron chi connectivity index (χ4n) is 5.08. The number of carbonyl (C=O) groups excluding carboxylic acids is 2. The Balaban J connectivity index is 1.25. The van der Waals surface area contributed by atoms with Crippen molar-refractivity contribution in [3.63, 3.8) is 0 Å². The monoisotopic (exact) mass is 482 g/mol. The second-order valence-corrected chi connectivity index (χ2v) is 10.7. The van der Waals surface area contributed by atoms with Crippen LogP contribution in [0.25, 0.3) is 0 Å². The molecule has 0 bridgehead atoms. The van der Waals surface area contributed by atoms with Crippen molar-refractivity contribution in [1.29, 1.82) is 0 Å². The van der Waals surface area contributed by atoms with E-state index in [1.54, 1.807) is 11.0 Å². The van der Waals surface area contributed by atoms with Crippen molar-refractivity contribution in [3.8, 4) is 0 Å². The zero-order valence-electron chi connectivity index (χ0n) is 20.9. The first kappa shape index (κ1) is 24.1. The molecule has 0 spiro atoms. The molecular formula is C26H32BFN2O5. The third-order valence-electron chi connectivity index (χ3n) is 7.83. The summed E-state index contributed by atoms with van der Waals surface area (Å²) in [6.07, 6.45) is 4.32. The average Bonchev–Trinajstić information content (AvgIpc) is 3.28. The van der Waals surface area contributed by atoms with Gasteiger partial charge in [0.2, 0.25) is 0 Å². The number of aromatic nitrogens is 1. The van der Waals surface area contributed by atoms with Crippen LogP contribution in [0.3, 0.4) is 0 Å². The number of nitrogens with zero attached hydrogens (tertiary/aromatic N) is 2. The Morgan fingerprint density at radius 2 is 1.80 bits per heavy atom. The van der Waals surface area contributed by atoms with Gasteiger partial charge in [0.15, 0.2) is 0 Å². The highest BCUT2D eigenvalue weighted by Gasteiger charge is 2.52. The van der Waals surface area contributed by atoms with Crippen molar-refractivity contribution in [2.45, 2.75) is 77.7 Å². The van der Waals surface area contributed by atoms with Crippen molar-refractivity contribution in [1.82, 2.24) is 9.47 Å². The number of ether oxygens (including phenoxy) is 1. The Morgan fingerprint density at radius 1 is 1.09 bits per heavy atom. The number of amides is 1. The molecule has 0 unspecified atom stereocenters. The van der Waals surface area contributed by atoms with Crippen molar-refractivity contribution in [3.05, 3.63) is 52.6 Å². The standard InChI is InChI=1S/C26H32BFN2O5/c1-25(2)26(3,4)35-27(34-25)20-14-19(28)10-9-18(20)16-33-23(31)15-29-11-12-30-21-8-6-5-7-17(21)13-22(30)24(29)32/h9-10,13-14H,5-8,11-12,15-16H2,1-4H3. The number of aryl methyl sites for hydroxylation is 1. The van der Waals surface area contributed by atoms with Gasteiger partial charge in [0.05, 0.1) is 11.2 Å². The lowest BCUT2D eigenvalue weighted by Crippen LogP contribution is -2.43. The van der Waals surface area contributed by atoms with Crippen molar-refractivity contribution >= 4 is 24.5 Å². The lowest BCUT2D eigenvalue weighted by atomic mass is 9.76. The number of halogens is 1. The van der Waals surface area contributed by atoms with E-state index in [2.05, 4.69) is 4.57 Å². The van der Waals surface area contributed by atoms with E-state index in [4.69, 9.17) is 14.0 Å². The van der Waals surface area contributed by atoms with Gasteiger partial charge in [0.25, 0.3) is 5.91 Å². The topological polar surface area (TPSA) is 70.0 Å². The molecule has 0 saturated carbocycles. The first-order chi connectivity index (χ1) is 16.6. The van der Waals surface area contributed by atoms with Gasteiger partial charge in [-0.1, -0.05) is 6.07 Å². The molecule has 1 aromatic carbocycles. The molecule has 3 heterocycles. The zero-order valence-corrected chi connectivity index (χ0v) is 20.9. The van der Waals surface area contributed by atoms with E-state index in [-0.39, 0.29) is 19.1 Å². The van der Waals surface area contributed by atoms with Crippen LogP contribution in [-0.4, -0.2) is 52.8 Å². The second-order valence-electron chi connectivity index (χ2n) is 10.7. The molecule has 0 atom stereocenters. The van der Waals surface area contributed by atoms with Crippen LogP contribution in [0.15, 0.2) is 24.3 Å². The van der Waals surface area contributed by atoms with Crippen LogP contribution in [-0.2, 0) is 44.8 Å². The maximum atomic E-state index is 14.1. The summed E-state index contributed by atoms with van der Waals surface area (Å²) in [6.45, 7) is 8.67. The van der Waals surface area contributed by atoms with Crippen LogP contribution in [0.5, 0.6) is 0 Å². The molecule has 35 heavy (non-hydrogen) atoms. The van der Waals surface area contributed by atoms with E-state index in [9.17, 15) is 14.0 Å². The first-order valence-corrected chi connectivity index (χ1v) is 12.4. The third-order valence-corrected chi connectivity index (χ3v) is 7.83. The molecule has 0 radical (unpaired) electrons. The maximum absolute atomic E-state index is 14.1. The highest BCUT2D eigenvalue weighted by molar-refractivity contribution is 6.62. The largest absolute Gasteiger partial charge is 0.495 e. The molecule has 2 aliphatic heterocycles. The number of carbonyl (C=O) groups is 2. The molecule has 186 valence electrons. The summed E-state index contributed by atoms with van der Waals surface area (Å²) < 4.78 is 33.9. The molecule has 1 saturated heterocycles. The number of rotatable bonds is 5. The fraction of sp³-hybridized carbons (Fsp3) is 0.538. The van der Waals surface area contributed by atoms with E-state index < -0.39 is 30.1 Å². The summed E-state index contributed by atoms with van der Waals surface area (Å²) in [7, 11) is -0.771. The lowest BCUT2D eigenvalue weighted by molar-refractivity contribution is -0.145. The third kappa shape index (κ3) is 4.40. The predicted molar refractivity (Wildman–Crippen MR) is 129 cm³/mol. The van der Waals surface area contributed by atoms with Gasteiger partial charge in [-0.15, -0.1) is 0 Å². The van der Waals surface area contributed by atoms with Crippen molar-refractivity contribution < 1.29 is 28.0 Å². The molecule has 7 nitrogen and oxygen atoms in total. The average molecular weight is 482 g/mol. The molecular weight excluding hydrogens is 450 g/mol. The Morgan fingerprint density at radius 3 is 2.54 bits per heavy atom. The van der Waals surface area contributed by atoms with E-state index in [1.807, 2.05) is 33.8 Å². The Kier molecular flexibility index (Phi) is 6.04. The SMILES string of the molecule is CC1(C)OB(c2cc(F)ccc2COC(=O)CN2CCn3c(cc4c3CCCC4)C2=O)OC1(C)C. The van der Waals surface area contributed by atoms with Gasteiger partial charge in [0, 0.05) is 18.8 Å². The minimum Gasteiger partial charge on any atom is -0.460 e. The van der Waals surface area contributed by atoms with Crippen LogP contribution in [0, 0.1) is 5.82 Å². The molecule has 9 heteroatoms. The summed E-state index contributed by atoms with van der Waals surface area (Å²) in [6, 6.07) is 6.24. The lowest BCUT2D eigenvalue weighted by Gasteiger charge is -2.32. The molecule has 1 aliphatic carbocycles. The van der Waals surface area contributed by atoms with Gasteiger partial charge < -0.3 is 23.5 Å². The van der Waals surface area contributed by atoms with Gasteiger partial charge in [-0.25, -0.2) is 4.39 Å². The molecule has 1 fully saturated rings. The summed E-state index contributed by atoms with van der Waals surface area (Å²) in [4.78, 5) is 27.3. The predicted octanol–water partition coefficient (Wildman–Crippen LogP) is 3.00. The first-order valence-electron chi connectivity index (χ1n) is 12.4. The smallest absolute Gasteiger partial charge is 0.460 e. The molecule has 5 rings (SSSR count). The van der Waals surface area contributed by atoms with Gasteiger partial charge in [-0.3, -0.25) is 9.59 Å². The summed E-state index contributed by atoms with van der Waals surface area (Å²) >= 11 is 0. The van der Waals surface area contributed by atoms with Crippen molar-refractivity contribution in [2.24, 2.45) is 0 Å². The van der Waals surface area contributed by atoms with E-state index >= 15 is 0 Å². The zero-order chi connectivity index (χ0) is 25.0. The quantitative estimate of drug-likeness (QED) is 0.484. The highest BCUT2D eigenvalue weighted by atomic mass is 19.1. The van der Waals surface area contributed by atoms with Gasteiger partial charge >= 0.3 is 13.1 Å². The van der Waals surface area contributed by atoms with Gasteiger partial charge in [0.1, 0.15) is 24.7 Å². The maximum Gasteiger partial charge on any atom is 0.495 e. The van der Waals surface area contributed by atoms with E-state index in [1.165, 1.54) is 23.4 Å². The Labute approximate surface area is 205 Å². The summed E-state index contributed by atoms with van der Waals surface area (Å²) in [5.41, 5.74) is 3.13. The second kappa shape index (κ2) is 8.78. The molecule has 1 amide bonds.